The second-order valence-electron chi connectivity index (χ2n) is 3.13. The van der Waals surface area contributed by atoms with E-state index in [0.717, 1.165) is 0 Å². The first-order chi connectivity index (χ1) is 7.86. The Morgan fingerprint density at radius 1 is 0.875 bits per heavy atom. The largest absolute Gasteiger partial charge is 0.467 e. The molecule has 0 aliphatic carbocycles. The number of furan rings is 2. The van der Waals surface area contributed by atoms with Crippen molar-refractivity contribution in [1.29, 1.82) is 0 Å². The summed E-state index contributed by atoms with van der Waals surface area (Å²) in [6.07, 6.45) is 2.80. The zero-order chi connectivity index (χ0) is 11.4. The molecule has 0 bridgehead atoms. The van der Waals surface area contributed by atoms with Gasteiger partial charge in [-0.05, 0) is 24.3 Å². The van der Waals surface area contributed by atoms with Crippen molar-refractivity contribution in [2.75, 3.05) is 0 Å². The van der Waals surface area contributed by atoms with Gasteiger partial charge in [-0.3, -0.25) is 0 Å². The summed E-state index contributed by atoms with van der Waals surface area (Å²) in [7, 11) is 0. The first-order valence-electron chi connectivity index (χ1n) is 4.58. The van der Waals surface area contributed by atoms with Gasteiger partial charge in [0.2, 0.25) is 0 Å². The van der Waals surface area contributed by atoms with Crippen molar-refractivity contribution in [1.82, 2.24) is 0 Å². The lowest BCUT2D eigenvalue weighted by Crippen LogP contribution is -2.04. The van der Waals surface area contributed by atoms with Crippen LogP contribution in [-0.2, 0) is 0 Å². The molecule has 2 aromatic heterocycles. The quantitative estimate of drug-likeness (QED) is 0.724. The Morgan fingerprint density at radius 2 is 1.31 bits per heavy atom. The molecule has 0 saturated heterocycles. The third-order valence-electron chi connectivity index (χ3n) is 2.20. The molecule has 6 heteroatoms. The summed E-state index contributed by atoms with van der Waals surface area (Å²) in [6, 6.07) is 4.34. The molecule has 0 radical (unpaired) electrons. The normalized spacial score (nSPS) is 14.2. The first-order valence-corrected chi connectivity index (χ1v) is 4.58. The zero-order valence-electron chi connectivity index (χ0n) is 8.15. The van der Waals surface area contributed by atoms with Gasteiger partial charge in [0.1, 0.15) is 11.5 Å². The van der Waals surface area contributed by atoms with Gasteiger partial charge in [-0.15, -0.1) is 9.81 Å². The monoisotopic (exact) mass is 220 g/mol. The Kier molecular flexibility index (Phi) is 2.90. The van der Waals surface area contributed by atoms with E-state index in [1.807, 2.05) is 0 Å². The van der Waals surface area contributed by atoms with Crippen molar-refractivity contribution in [3.8, 4) is 0 Å². The van der Waals surface area contributed by atoms with E-state index in [2.05, 4.69) is 10.4 Å². The van der Waals surface area contributed by atoms with Crippen LogP contribution in [0.1, 0.15) is 23.6 Å². The highest BCUT2D eigenvalue weighted by Gasteiger charge is 2.31. The van der Waals surface area contributed by atoms with E-state index < -0.39 is 12.1 Å². The summed E-state index contributed by atoms with van der Waals surface area (Å²) in [6.45, 7) is 0. The van der Waals surface area contributed by atoms with Crippen molar-refractivity contribution < 1.29 is 8.83 Å². The number of rotatable bonds is 5. The number of nitrogens with zero attached hydrogens (tertiary/aromatic N) is 2. The Bertz CT molecular complexity index is 405. The predicted molar refractivity (Wildman–Crippen MR) is 54.5 cm³/mol. The van der Waals surface area contributed by atoms with Crippen molar-refractivity contribution in [2.24, 2.45) is 10.4 Å². The highest BCUT2D eigenvalue weighted by Crippen LogP contribution is 2.35. The van der Waals surface area contributed by atoms with Gasteiger partial charge < -0.3 is 8.83 Å². The number of hydrogen-bond acceptors (Lipinski definition) is 6. The topological polar surface area (TPSA) is 85.1 Å². The van der Waals surface area contributed by atoms with Crippen LogP contribution in [0.25, 0.3) is 0 Å². The Morgan fingerprint density at radius 3 is 1.56 bits per heavy atom. The summed E-state index contributed by atoms with van der Waals surface area (Å²) in [5, 5.41) is 5.72. The van der Waals surface area contributed by atoms with Crippen LogP contribution in [0.4, 0.5) is 0 Å². The van der Waals surface area contributed by atoms with Crippen LogP contribution in [0, 0.1) is 9.81 Å². The van der Waals surface area contributed by atoms with Crippen LogP contribution >= 0.6 is 0 Å². The maximum atomic E-state index is 10.7. The minimum absolute atomic E-state index is 0.288. The van der Waals surface area contributed by atoms with Crippen LogP contribution in [0.2, 0.25) is 0 Å². The molecule has 82 valence electrons. The van der Waals surface area contributed by atoms with E-state index in [1.165, 1.54) is 12.5 Å². The van der Waals surface area contributed by atoms with Crippen molar-refractivity contribution in [3.63, 3.8) is 0 Å². The van der Waals surface area contributed by atoms with E-state index >= 15 is 0 Å². The zero-order valence-corrected chi connectivity index (χ0v) is 8.15. The molecule has 0 amide bonds. The van der Waals surface area contributed by atoms with Gasteiger partial charge in [-0.2, -0.15) is 0 Å². The molecule has 0 aromatic carbocycles. The van der Waals surface area contributed by atoms with Gasteiger partial charge in [0, 0.05) is 0 Å². The summed E-state index contributed by atoms with van der Waals surface area (Å²) in [4.78, 5) is 21.5. The Balaban J connectivity index is 2.32. The van der Waals surface area contributed by atoms with Gasteiger partial charge >= 0.3 is 0 Å². The van der Waals surface area contributed by atoms with Gasteiger partial charge in [-0.25, -0.2) is 0 Å². The second-order valence-corrected chi connectivity index (χ2v) is 3.13. The number of hydrogen-bond donors (Lipinski definition) is 0. The fourth-order valence-corrected chi connectivity index (χ4v) is 1.45. The molecule has 2 heterocycles. The van der Waals surface area contributed by atoms with Crippen molar-refractivity contribution >= 4 is 0 Å². The Labute approximate surface area is 90.2 Å². The minimum Gasteiger partial charge on any atom is -0.467 e. The summed E-state index contributed by atoms with van der Waals surface area (Å²) in [5.41, 5.74) is 0. The first kappa shape index (κ1) is 10.3. The molecule has 2 aromatic rings. The lowest BCUT2D eigenvalue weighted by Gasteiger charge is -2.09. The SMILES string of the molecule is O=NC(c1ccco1)C(N=O)c1ccco1. The fraction of sp³-hybridized carbons (Fsp3) is 0.200. The Hall–Kier alpha value is -2.24. The fourth-order valence-electron chi connectivity index (χ4n) is 1.45. The molecule has 0 aliphatic rings. The summed E-state index contributed by atoms with van der Waals surface area (Å²) in [5.74, 6) is 0.576. The van der Waals surface area contributed by atoms with Gasteiger partial charge in [0.15, 0.2) is 12.1 Å². The predicted octanol–water partition coefficient (Wildman–Crippen LogP) is 3.19. The van der Waals surface area contributed by atoms with Crippen LogP contribution in [0.5, 0.6) is 0 Å². The minimum atomic E-state index is -1.00. The van der Waals surface area contributed by atoms with Crippen LogP contribution in [0.3, 0.4) is 0 Å². The molecule has 0 aliphatic heterocycles. The van der Waals surface area contributed by atoms with Crippen LogP contribution < -0.4 is 0 Å². The molecule has 2 rings (SSSR count). The van der Waals surface area contributed by atoms with E-state index in [4.69, 9.17) is 8.83 Å². The van der Waals surface area contributed by atoms with Crippen LogP contribution in [0.15, 0.2) is 56.0 Å². The lowest BCUT2D eigenvalue weighted by molar-refractivity contribution is 0.381. The van der Waals surface area contributed by atoms with E-state index in [1.54, 1.807) is 24.3 Å². The summed E-state index contributed by atoms with van der Waals surface area (Å²) >= 11 is 0. The van der Waals surface area contributed by atoms with Gasteiger partial charge in [0.05, 0.1) is 12.5 Å². The standard InChI is InChI=1S/C10H8N2O4/c13-11-9(7-3-1-5-15-7)10(12-14)8-4-2-6-16-8/h1-6,9-10H. The molecule has 0 spiro atoms. The average molecular weight is 220 g/mol. The molecule has 0 N–H and O–H groups in total. The smallest absolute Gasteiger partial charge is 0.182 e. The van der Waals surface area contributed by atoms with Crippen molar-refractivity contribution in [2.45, 2.75) is 12.1 Å². The molecule has 0 saturated carbocycles. The molecule has 6 nitrogen and oxygen atoms in total. The van der Waals surface area contributed by atoms with E-state index in [0.29, 0.717) is 0 Å². The van der Waals surface area contributed by atoms with E-state index in [-0.39, 0.29) is 11.5 Å². The van der Waals surface area contributed by atoms with Crippen LogP contribution in [-0.4, -0.2) is 0 Å². The van der Waals surface area contributed by atoms with Gasteiger partial charge in [-0.1, -0.05) is 10.4 Å². The molecule has 2 atom stereocenters. The second kappa shape index (κ2) is 4.52. The maximum Gasteiger partial charge on any atom is 0.182 e. The third-order valence-corrected chi connectivity index (χ3v) is 2.20. The molecular formula is C10H8N2O4. The molecular weight excluding hydrogens is 212 g/mol. The molecule has 0 fully saturated rings. The molecule has 2 unspecified atom stereocenters. The molecule has 16 heavy (non-hydrogen) atoms. The summed E-state index contributed by atoms with van der Waals surface area (Å²) < 4.78 is 10.1. The maximum absolute atomic E-state index is 10.7. The lowest BCUT2D eigenvalue weighted by atomic mass is 10.1. The number of nitroso groups, excluding NO2 is 2. The highest BCUT2D eigenvalue weighted by atomic mass is 16.3. The average Bonchev–Trinajstić information content (AvgIpc) is 2.97. The van der Waals surface area contributed by atoms with Crippen molar-refractivity contribution in [3.05, 3.63) is 58.1 Å². The highest BCUT2D eigenvalue weighted by molar-refractivity contribution is 5.15. The van der Waals surface area contributed by atoms with E-state index in [9.17, 15) is 9.81 Å². The third kappa shape index (κ3) is 1.77. The van der Waals surface area contributed by atoms with Gasteiger partial charge in [0.25, 0.3) is 0 Å².